The number of ether oxygens (including phenoxy) is 1. The third kappa shape index (κ3) is 14.3. The van der Waals surface area contributed by atoms with E-state index < -0.39 is 17.2 Å². The zero-order valence-corrected chi connectivity index (χ0v) is 41.9. The molecule has 1 unspecified atom stereocenters. The number of primary amides is 1. The lowest BCUT2D eigenvalue weighted by atomic mass is 10.0. The highest BCUT2D eigenvalue weighted by Gasteiger charge is 2.34. The molecule has 4 N–H and O–H groups in total. The van der Waals surface area contributed by atoms with Gasteiger partial charge in [0, 0.05) is 61.9 Å². The first-order chi connectivity index (χ1) is 32.2. The number of carbonyl (C=O) groups excluding carboxylic acids is 3. The van der Waals surface area contributed by atoms with E-state index in [0.29, 0.717) is 68.1 Å². The molecule has 7 rings (SSSR count). The molecule has 3 aliphatic rings. The van der Waals surface area contributed by atoms with Crippen LogP contribution in [0.2, 0.25) is 0 Å². The van der Waals surface area contributed by atoms with Crippen molar-refractivity contribution in [2.75, 3.05) is 85.4 Å². The Labute approximate surface area is 397 Å². The topological polar surface area (TPSA) is 159 Å². The standard InChI is InChI=1S/C35H35FN4O5.C8H19N3O.C7H17N.C2H6/c1-4-13-38(6-3)32-25(36)15-23-31-34(32)45-29-16-22-21-10-8-7-9-11-27(21)44-28(22)17-26(29)40(31)19-24(33(23)42)35(43)39-14-12-20(18-39)37-30(41)5-2;1-11(2)6-4-3-5-10-7-8(9)12;1-4-5-6-7-8(2)3;1-2/h8-11,15-17,19-20H,4-7,12-14,18H2,1-3H3,(H,37,41);10H,3-7H2,1-2H3,(H2,9,12);4-7H2,1-3H3;1-2H3. The number of furan rings is 1. The Bertz CT molecular complexity index is 2400. The maximum atomic E-state index is 16.1. The number of aromatic nitrogens is 1. The Kier molecular flexibility index (Phi) is 21.6. The quantitative estimate of drug-likeness (QED) is 0.0728. The average Bonchev–Trinajstić information content (AvgIpc) is 3.83. The Balaban J connectivity index is 0.000000371. The molecule has 0 radical (unpaired) electrons. The summed E-state index contributed by atoms with van der Waals surface area (Å²) in [4.78, 5) is 58.0. The second-order valence-corrected chi connectivity index (χ2v) is 17.4. The third-order valence-electron chi connectivity index (χ3n) is 11.6. The van der Waals surface area contributed by atoms with E-state index in [2.05, 4.69) is 61.6 Å². The molecule has 15 heteroatoms. The van der Waals surface area contributed by atoms with Gasteiger partial charge in [-0.2, -0.15) is 0 Å². The van der Waals surface area contributed by atoms with Gasteiger partial charge in [0.05, 0.1) is 17.6 Å². The SMILES string of the molecule is CC.CCCCCN(C)C.CCCN(CC)c1c(F)cc2c(=O)c(C(=O)N3CCC(NC(=O)CC)C3)cn3c2c1Oc1cc2c4c(oc2cc1-3)C=CCC=C4.CN(C)CCCCNCC(N)=O. The molecular weight excluding hydrogens is 852 g/mol. The second-order valence-electron chi connectivity index (χ2n) is 17.4. The number of allylic oxidation sites excluding steroid dienone is 2. The lowest BCUT2D eigenvalue weighted by molar-refractivity contribution is -0.121. The van der Waals surface area contributed by atoms with E-state index in [9.17, 15) is 19.2 Å². The molecule has 1 atom stereocenters. The number of fused-ring (bicyclic) bond motifs is 5. The minimum absolute atomic E-state index is 0.0616. The van der Waals surface area contributed by atoms with Crippen molar-refractivity contribution >= 4 is 57.4 Å². The Morgan fingerprint density at radius 2 is 1.60 bits per heavy atom. The van der Waals surface area contributed by atoms with Gasteiger partial charge in [0.1, 0.15) is 28.1 Å². The minimum Gasteiger partial charge on any atom is -0.456 e. The van der Waals surface area contributed by atoms with Gasteiger partial charge in [-0.05, 0) is 111 Å². The Morgan fingerprint density at radius 1 is 0.896 bits per heavy atom. The van der Waals surface area contributed by atoms with Crippen molar-refractivity contribution in [1.82, 2.24) is 29.9 Å². The maximum absolute atomic E-state index is 16.1. The lowest BCUT2D eigenvalue weighted by Crippen LogP contribution is -2.39. The molecule has 2 aromatic carbocycles. The summed E-state index contributed by atoms with van der Waals surface area (Å²) in [5, 5.41) is 6.81. The molecule has 4 aromatic rings. The molecule has 67 heavy (non-hydrogen) atoms. The van der Waals surface area contributed by atoms with Gasteiger partial charge in [-0.15, -0.1) is 0 Å². The first-order valence-corrected chi connectivity index (χ1v) is 24.4. The summed E-state index contributed by atoms with van der Waals surface area (Å²) < 4.78 is 30.7. The zero-order valence-electron chi connectivity index (χ0n) is 41.9. The van der Waals surface area contributed by atoms with Gasteiger partial charge >= 0.3 is 0 Å². The second kappa shape index (κ2) is 26.7. The third-order valence-corrected chi connectivity index (χ3v) is 11.6. The first kappa shape index (κ1) is 54.1. The zero-order chi connectivity index (χ0) is 49.2. The number of nitrogens with two attached hydrogens (primary N) is 1. The van der Waals surface area contributed by atoms with Crippen LogP contribution >= 0.6 is 0 Å². The van der Waals surface area contributed by atoms with Crippen molar-refractivity contribution in [2.45, 2.75) is 105 Å². The molecule has 14 nitrogen and oxygen atoms in total. The number of carbonyl (C=O) groups is 3. The fourth-order valence-electron chi connectivity index (χ4n) is 8.24. The molecular formula is C52H77FN8O6. The van der Waals surface area contributed by atoms with Crippen molar-refractivity contribution in [3.05, 3.63) is 69.5 Å². The fraction of sp³-hybridized carbons (Fsp3) is 0.538. The van der Waals surface area contributed by atoms with Crippen LogP contribution in [0.3, 0.4) is 0 Å². The van der Waals surface area contributed by atoms with Gasteiger partial charge in [0.2, 0.25) is 17.2 Å². The molecule has 2 aliphatic heterocycles. The summed E-state index contributed by atoms with van der Waals surface area (Å²) >= 11 is 0. The van der Waals surface area contributed by atoms with Crippen LogP contribution in [0.1, 0.15) is 121 Å². The van der Waals surface area contributed by atoms with Crippen LogP contribution in [0.25, 0.3) is 39.7 Å². The van der Waals surface area contributed by atoms with Crippen LogP contribution in [0, 0.1) is 5.82 Å². The number of likely N-dealkylation sites (tertiary alicyclic amines) is 1. The van der Waals surface area contributed by atoms with Crippen LogP contribution in [0.5, 0.6) is 11.5 Å². The Hall–Kier alpha value is -5.51. The van der Waals surface area contributed by atoms with Crippen molar-refractivity contribution < 1.29 is 27.9 Å². The number of unbranched alkanes of at least 4 members (excludes halogenated alkanes) is 3. The monoisotopic (exact) mass is 929 g/mol. The highest BCUT2D eigenvalue weighted by molar-refractivity contribution is 6.03. The number of amides is 3. The molecule has 1 fully saturated rings. The number of nitrogens with one attached hydrogen (secondary N) is 2. The smallest absolute Gasteiger partial charge is 0.259 e. The summed E-state index contributed by atoms with van der Waals surface area (Å²) in [6, 6.07) is 4.78. The van der Waals surface area contributed by atoms with Crippen LogP contribution in [-0.2, 0) is 9.59 Å². The molecule has 0 saturated carbocycles. The number of nitrogens with zero attached hydrogens (tertiary/aromatic N) is 5. The van der Waals surface area contributed by atoms with Gasteiger partial charge in [-0.1, -0.05) is 65.7 Å². The van der Waals surface area contributed by atoms with Crippen LogP contribution in [0.15, 0.2) is 45.8 Å². The molecule has 2 aromatic heterocycles. The summed E-state index contributed by atoms with van der Waals surface area (Å²) in [5.41, 5.74) is 7.13. The van der Waals surface area contributed by atoms with Gasteiger partial charge in [0.15, 0.2) is 17.3 Å². The molecule has 0 bridgehead atoms. The summed E-state index contributed by atoms with van der Waals surface area (Å²) in [6.07, 6.45) is 18.4. The number of pyridine rings is 1. The van der Waals surface area contributed by atoms with E-state index >= 15 is 4.39 Å². The highest BCUT2D eigenvalue weighted by atomic mass is 19.1. The first-order valence-electron chi connectivity index (χ1n) is 24.4. The van der Waals surface area contributed by atoms with Crippen molar-refractivity contribution in [1.29, 1.82) is 0 Å². The fourth-order valence-corrected chi connectivity index (χ4v) is 8.24. The predicted molar refractivity (Wildman–Crippen MR) is 272 cm³/mol. The maximum Gasteiger partial charge on any atom is 0.259 e. The number of hydrogen-bond acceptors (Lipinski definition) is 10. The summed E-state index contributed by atoms with van der Waals surface area (Å²) in [7, 11) is 8.35. The molecule has 1 saturated heterocycles. The summed E-state index contributed by atoms with van der Waals surface area (Å²) in [6.45, 7) is 17.3. The van der Waals surface area contributed by atoms with Gasteiger partial charge in [-0.25, -0.2) is 4.39 Å². The normalized spacial score (nSPS) is 14.3. The number of hydrogen-bond donors (Lipinski definition) is 3. The summed E-state index contributed by atoms with van der Waals surface area (Å²) in [5.74, 6) is 0.0205. The van der Waals surface area contributed by atoms with E-state index in [0.717, 1.165) is 55.5 Å². The number of rotatable bonds is 18. The molecule has 4 heterocycles. The van der Waals surface area contributed by atoms with Gasteiger partial charge in [0.25, 0.3) is 5.91 Å². The predicted octanol–water partition coefficient (Wildman–Crippen LogP) is 8.56. The van der Waals surface area contributed by atoms with Crippen LogP contribution < -0.4 is 31.4 Å². The van der Waals surface area contributed by atoms with E-state index in [1.807, 2.05) is 63.0 Å². The number of anilines is 1. The van der Waals surface area contributed by atoms with E-state index in [4.69, 9.17) is 14.9 Å². The number of benzene rings is 2. The number of halogens is 1. The van der Waals surface area contributed by atoms with E-state index in [1.165, 1.54) is 31.9 Å². The van der Waals surface area contributed by atoms with E-state index in [-0.39, 0.29) is 40.2 Å². The van der Waals surface area contributed by atoms with Crippen LogP contribution in [-0.4, -0.2) is 124 Å². The van der Waals surface area contributed by atoms with E-state index in [1.54, 1.807) is 22.6 Å². The molecule has 1 aliphatic carbocycles. The molecule has 0 spiro atoms. The van der Waals surface area contributed by atoms with Crippen molar-refractivity contribution in [2.24, 2.45) is 5.73 Å². The average molecular weight is 929 g/mol. The highest BCUT2D eigenvalue weighted by Crippen LogP contribution is 2.48. The molecule has 3 amide bonds. The van der Waals surface area contributed by atoms with Crippen molar-refractivity contribution in [3.63, 3.8) is 0 Å². The van der Waals surface area contributed by atoms with Gasteiger partial charge < -0.3 is 49.7 Å². The minimum atomic E-state index is -0.584. The van der Waals surface area contributed by atoms with Gasteiger partial charge in [-0.3, -0.25) is 19.2 Å². The lowest BCUT2D eigenvalue weighted by Gasteiger charge is -2.30. The van der Waals surface area contributed by atoms with Crippen molar-refractivity contribution in [3.8, 4) is 17.2 Å². The molecule has 368 valence electrons. The Morgan fingerprint density at radius 3 is 2.24 bits per heavy atom. The van der Waals surface area contributed by atoms with Crippen LogP contribution in [0.4, 0.5) is 10.1 Å². The largest absolute Gasteiger partial charge is 0.456 e.